The van der Waals surface area contributed by atoms with Crippen molar-refractivity contribution in [2.45, 2.75) is 12.8 Å². The van der Waals surface area contributed by atoms with E-state index in [2.05, 4.69) is 10.3 Å². The van der Waals surface area contributed by atoms with Crippen molar-refractivity contribution in [1.29, 1.82) is 0 Å². The van der Waals surface area contributed by atoms with Gasteiger partial charge in [0.25, 0.3) is 0 Å². The Kier molecular flexibility index (Phi) is 5.52. The quantitative estimate of drug-likeness (QED) is 0.426. The highest BCUT2D eigenvalue weighted by Crippen LogP contribution is 2.38. The second-order valence-corrected chi connectivity index (χ2v) is 5.43. The first-order valence-corrected chi connectivity index (χ1v) is 6.99. The molecule has 0 saturated heterocycles. The number of hydrogen-bond acceptors (Lipinski definition) is 4. The van der Waals surface area contributed by atoms with Gasteiger partial charge >= 0.3 is 0 Å². The molecule has 1 saturated carbocycles. The van der Waals surface area contributed by atoms with Gasteiger partial charge in [-0.15, -0.1) is 12.4 Å². The van der Waals surface area contributed by atoms with E-state index in [1.54, 1.807) is 12.2 Å². The van der Waals surface area contributed by atoms with Crippen LogP contribution in [0.5, 0.6) is 0 Å². The number of hydrogen-bond donors (Lipinski definition) is 2. The molecular formula is C12H16ClN3O3S. The van der Waals surface area contributed by atoms with Crippen molar-refractivity contribution < 1.29 is 13.2 Å². The highest BCUT2D eigenvalue weighted by atomic mass is 35.5. The van der Waals surface area contributed by atoms with Gasteiger partial charge in [-0.1, -0.05) is 12.2 Å². The predicted molar refractivity (Wildman–Crippen MR) is 80.3 cm³/mol. The lowest BCUT2D eigenvalue weighted by molar-refractivity contribution is -0.120. The molecule has 6 nitrogen and oxygen atoms in total. The van der Waals surface area contributed by atoms with Gasteiger partial charge in [0.15, 0.2) is 5.96 Å². The Hall–Kier alpha value is -1.60. The van der Waals surface area contributed by atoms with Gasteiger partial charge in [-0.3, -0.25) is 15.1 Å². The molecule has 110 valence electrons. The number of allylic oxidation sites excluding steroid dienone is 3. The van der Waals surface area contributed by atoms with E-state index in [1.165, 1.54) is 7.05 Å². The molecule has 1 unspecified atom stereocenters. The fourth-order valence-corrected chi connectivity index (χ4v) is 2.53. The molecule has 8 heteroatoms. The maximum atomic E-state index is 11.9. The largest absolute Gasteiger partial charge is 0.370 e. The molecule has 0 aromatic carbocycles. The minimum Gasteiger partial charge on any atom is -0.370 e. The van der Waals surface area contributed by atoms with E-state index in [1.807, 2.05) is 6.08 Å². The van der Waals surface area contributed by atoms with Crippen LogP contribution in [0.25, 0.3) is 0 Å². The van der Waals surface area contributed by atoms with Crippen LogP contribution < -0.4 is 11.1 Å². The number of halogens is 1. The molecule has 0 aromatic heterocycles. The molecule has 2 aliphatic rings. The van der Waals surface area contributed by atoms with Crippen LogP contribution >= 0.6 is 12.4 Å². The zero-order valence-electron chi connectivity index (χ0n) is 10.9. The van der Waals surface area contributed by atoms with Crippen LogP contribution in [-0.4, -0.2) is 32.2 Å². The highest BCUT2D eigenvalue weighted by Gasteiger charge is 2.31. The topological polar surface area (TPSA) is 102 Å². The molecule has 1 fully saturated rings. The molecule has 0 spiro atoms. The van der Waals surface area contributed by atoms with Crippen LogP contribution in [-0.2, 0) is 15.1 Å². The summed E-state index contributed by atoms with van der Waals surface area (Å²) < 4.78 is 22.5. The van der Waals surface area contributed by atoms with Crippen LogP contribution in [0.1, 0.15) is 12.8 Å². The summed E-state index contributed by atoms with van der Waals surface area (Å²) >= 11 is 0. The Bertz CT molecular complexity index is 622. The average molecular weight is 318 g/mol. The number of nitrogens with zero attached hydrogens (tertiary/aromatic N) is 1. The van der Waals surface area contributed by atoms with Crippen molar-refractivity contribution in [3.05, 3.63) is 23.8 Å². The Morgan fingerprint density at radius 3 is 2.60 bits per heavy atom. The summed E-state index contributed by atoms with van der Waals surface area (Å²) in [5.74, 6) is -0.946. The number of nitrogens with two attached hydrogens (primary N) is 1. The number of nitrogens with one attached hydrogen (secondary N) is 1. The van der Waals surface area contributed by atoms with Gasteiger partial charge in [0.1, 0.15) is 0 Å². The summed E-state index contributed by atoms with van der Waals surface area (Å²) in [6, 6.07) is 0. The van der Waals surface area contributed by atoms with Crippen molar-refractivity contribution in [1.82, 2.24) is 5.32 Å². The minimum atomic E-state index is -2.43. The smallest absolute Gasteiger partial charge is 0.239 e. The lowest BCUT2D eigenvalue weighted by Gasteiger charge is -2.16. The van der Waals surface area contributed by atoms with E-state index in [0.717, 1.165) is 18.4 Å². The Balaban J connectivity index is 0.00000200. The number of carbonyl (C=O) groups is 1. The van der Waals surface area contributed by atoms with Crippen LogP contribution in [0.3, 0.4) is 0 Å². The fraction of sp³-hybridized carbons (Fsp3) is 0.417. The van der Waals surface area contributed by atoms with Crippen LogP contribution in [0.2, 0.25) is 0 Å². The molecule has 1 atom stereocenters. The normalized spacial score (nSPS) is 21.9. The van der Waals surface area contributed by atoms with Crippen LogP contribution in [0, 0.1) is 11.8 Å². The maximum Gasteiger partial charge on any atom is 0.239 e. The van der Waals surface area contributed by atoms with Crippen molar-refractivity contribution in [3.63, 3.8) is 0 Å². The number of carbonyl (C=O) groups excluding carboxylic acids is 1. The lowest BCUT2D eigenvalue weighted by atomic mass is 9.93. The van der Waals surface area contributed by atoms with Crippen molar-refractivity contribution in [3.8, 4) is 0 Å². The Morgan fingerprint density at radius 1 is 1.45 bits per heavy atom. The Labute approximate surface area is 124 Å². The van der Waals surface area contributed by atoms with E-state index in [9.17, 15) is 13.2 Å². The highest BCUT2D eigenvalue weighted by molar-refractivity contribution is 7.73. The summed E-state index contributed by atoms with van der Waals surface area (Å²) in [5, 5.41) is 2.36. The maximum absolute atomic E-state index is 11.9. The summed E-state index contributed by atoms with van der Waals surface area (Å²) in [5.41, 5.74) is 6.38. The van der Waals surface area contributed by atoms with E-state index in [4.69, 9.17) is 5.73 Å². The van der Waals surface area contributed by atoms with Gasteiger partial charge in [0, 0.05) is 7.05 Å². The summed E-state index contributed by atoms with van der Waals surface area (Å²) in [4.78, 5) is 15.6. The van der Waals surface area contributed by atoms with Gasteiger partial charge in [0.2, 0.25) is 16.2 Å². The van der Waals surface area contributed by atoms with Crippen molar-refractivity contribution >= 4 is 39.4 Å². The van der Waals surface area contributed by atoms with Gasteiger partial charge in [-0.25, -0.2) is 0 Å². The van der Waals surface area contributed by atoms with E-state index < -0.39 is 22.1 Å². The van der Waals surface area contributed by atoms with E-state index >= 15 is 0 Å². The van der Waals surface area contributed by atoms with Crippen molar-refractivity contribution in [2.24, 2.45) is 22.6 Å². The number of rotatable bonds is 2. The third-order valence-electron chi connectivity index (χ3n) is 3.11. The molecule has 20 heavy (non-hydrogen) atoms. The van der Waals surface area contributed by atoms with E-state index in [0.29, 0.717) is 5.92 Å². The average Bonchev–Trinajstić information content (AvgIpc) is 3.22. The fourth-order valence-electron chi connectivity index (χ4n) is 1.90. The molecule has 0 bridgehead atoms. The molecule has 0 heterocycles. The predicted octanol–water partition coefficient (Wildman–Crippen LogP) is 0.0428. The first-order chi connectivity index (χ1) is 9.02. The molecule has 0 radical (unpaired) electrons. The molecule has 1 amide bonds. The third kappa shape index (κ3) is 3.71. The first kappa shape index (κ1) is 16.5. The summed E-state index contributed by atoms with van der Waals surface area (Å²) in [7, 11) is -0.993. The van der Waals surface area contributed by atoms with Gasteiger partial charge in [0.05, 0.1) is 10.8 Å². The van der Waals surface area contributed by atoms with Gasteiger partial charge < -0.3 is 5.73 Å². The summed E-state index contributed by atoms with van der Waals surface area (Å²) in [6.07, 6.45) is 7.14. The minimum absolute atomic E-state index is 0. The number of aliphatic imine (C=N–C) groups is 1. The summed E-state index contributed by atoms with van der Waals surface area (Å²) in [6.45, 7) is 0. The molecule has 3 N–H and O–H groups in total. The van der Waals surface area contributed by atoms with Crippen LogP contribution in [0.15, 0.2) is 28.8 Å². The standard InChI is InChI=1S/C12H15N3O3S.ClH/c1-14-12(13)15-11(16)9-5-4-8(7-2-3-7)6-10(9)19(17)18;/h4-7,9H,2-3H2,1H3,(H3,13,14,15,16);1H. The molecule has 2 rings (SSSR count). The van der Waals surface area contributed by atoms with Gasteiger partial charge in [-0.2, -0.15) is 8.42 Å². The SMILES string of the molecule is CN=C(N)NC(=O)C1C=CC(C2CC2)=CC1=S(=O)=O.Cl. The molecular weight excluding hydrogens is 302 g/mol. The monoisotopic (exact) mass is 317 g/mol. The van der Waals surface area contributed by atoms with Crippen LogP contribution in [0.4, 0.5) is 0 Å². The first-order valence-electron chi connectivity index (χ1n) is 5.92. The number of amides is 1. The second-order valence-electron chi connectivity index (χ2n) is 4.49. The number of guanidine groups is 1. The molecule has 2 aliphatic carbocycles. The molecule has 0 aromatic rings. The lowest BCUT2D eigenvalue weighted by Crippen LogP contribution is -2.42. The third-order valence-corrected chi connectivity index (χ3v) is 3.87. The zero-order chi connectivity index (χ0) is 14.0. The van der Waals surface area contributed by atoms with E-state index in [-0.39, 0.29) is 23.2 Å². The second kappa shape index (κ2) is 6.71. The Morgan fingerprint density at radius 2 is 2.10 bits per heavy atom. The van der Waals surface area contributed by atoms with Crippen molar-refractivity contribution in [2.75, 3.05) is 7.05 Å². The molecule has 0 aliphatic heterocycles. The van der Waals surface area contributed by atoms with Gasteiger partial charge in [-0.05, 0) is 30.4 Å². The zero-order valence-corrected chi connectivity index (χ0v) is 12.5.